The molecule has 0 fully saturated rings. The third kappa shape index (κ3) is 4.39. The number of nitrogens with zero attached hydrogens (tertiary/aromatic N) is 1. The molecule has 0 aromatic heterocycles. The summed E-state index contributed by atoms with van der Waals surface area (Å²) in [7, 11) is 0. The van der Waals surface area contributed by atoms with Crippen LogP contribution in [0.4, 0.5) is 5.69 Å². The molecule has 1 aliphatic carbocycles. The van der Waals surface area contributed by atoms with Crippen LogP contribution < -0.4 is 4.90 Å². The summed E-state index contributed by atoms with van der Waals surface area (Å²) >= 11 is 9.75. The molecule has 0 radical (unpaired) electrons. The second-order valence-corrected chi connectivity index (χ2v) is 6.61. The Morgan fingerprint density at radius 3 is 2.55 bits per heavy atom. The minimum Gasteiger partial charge on any atom is -0.364 e. The van der Waals surface area contributed by atoms with E-state index in [9.17, 15) is 0 Å². The predicted molar refractivity (Wildman–Crippen MR) is 92.9 cm³/mol. The lowest BCUT2D eigenvalue weighted by molar-refractivity contribution is 0.704. The van der Waals surface area contributed by atoms with Crippen molar-refractivity contribution in [1.29, 1.82) is 0 Å². The summed E-state index contributed by atoms with van der Waals surface area (Å²) in [5, 5.41) is 0.780. The standard InChI is InChI=1S/C17H21BrClN/c1-2-12-20(16-10-8-15(19)9-11-16)13-14-6-4-3-5-7-17(14)18/h2,8-11H,1,3-7,12-13H2. The van der Waals surface area contributed by atoms with Gasteiger partial charge in [-0.15, -0.1) is 6.58 Å². The van der Waals surface area contributed by atoms with E-state index in [1.807, 2.05) is 18.2 Å². The van der Waals surface area contributed by atoms with E-state index < -0.39 is 0 Å². The Bertz CT molecular complexity index is 478. The maximum absolute atomic E-state index is 5.97. The van der Waals surface area contributed by atoms with Gasteiger partial charge >= 0.3 is 0 Å². The van der Waals surface area contributed by atoms with Gasteiger partial charge in [0.1, 0.15) is 0 Å². The van der Waals surface area contributed by atoms with Crippen molar-refractivity contribution in [3.8, 4) is 0 Å². The van der Waals surface area contributed by atoms with Crippen LogP contribution in [0, 0.1) is 0 Å². The molecule has 0 saturated carbocycles. The summed E-state index contributed by atoms with van der Waals surface area (Å²) in [5.74, 6) is 0. The van der Waals surface area contributed by atoms with Gasteiger partial charge in [0, 0.05) is 23.8 Å². The van der Waals surface area contributed by atoms with E-state index >= 15 is 0 Å². The Labute approximate surface area is 135 Å². The van der Waals surface area contributed by atoms with Gasteiger partial charge in [-0.2, -0.15) is 0 Å². The topological polar surface area (TPSA) is 3.24 Å². The lowest BCUT2D eigenvalue weighted by Gasteiger charge is -2.25. The van der Waals surface area contributed by atoms with Gasteiger partial charge in [-0.25, -0.2) is 0 Å². The molecule has 0 N–H and O–H groups in total. The molecule has 0 heterocycles. The third-order valence-electron chi connectivity index (χ3n) is 3.68. The quantitative estimate of drug-likeness (QED) is 0.591. The van der Waals surface area contributed by atoms with E-state index in [-0.39, 0.29) is 0 Å². The molecule has 20 heavy (non-hydrogen) atoms. The molecule has 3 heteroatoms. The molecule has 1 aromatic rings. The van der Waals surface area contributed by atoms with E-state index in [1.54, 1.807) is 0 Å². The lowest BCUT2D eigenvalue weighted by Crippen LogP contribution is -2.26. The minimum atomic E-state index is 0.780. The number of allylic oxidation sites excluding steroid dienone is 1. The van der Waals surface area contributed by atoms with Crippen LogP contribution in [-0.4, -0.2) is 13.1 Å². The highest BCUT2D eigenvalue weighted by Gasteiger charge is 2.13. The molecule has 0 unspecified atom stereocenters. The van der Waals surface area contributed by atoms with Crippen molar-refractivity contribution in [2.75, 3.05) is 18.0 Å². The lowest BCUT2D eigenvalue weighted by atomic mass is 10.1. The van der Waals surface area contributed by atoms with Gasteiger partial charge in [-0.1, -0.05) is 40.0 Å². The molecule has 108 valence electrons. The van der Waals surface area contributed by atoms with Gasteiger partial charge in [-0.05, 0) is 60.0 Å². The highest BCUT2D eigenvalue weighted by molar-refractivity contribution is 9.11. The van der Waals surface area contributed by atoms with Crippen LogP contribution in [0.1, 0.15) is 32.1 Å². The first-order valence-electron chi connectivity index (χ1n) is 7.18. The van der Waals surface area contributed by atoms with Gasteiger partial charge < -0.3 is 4.90 Å². The number of benzene rings is 1. The van der Waals surface area contributed by atoms with E-state index in [4.69, 9.17) is 11.6 Å². The first-order chi connectivity index (χ1) is 9.70. The molecule has 0 atom stereocenters. The smallest absolute Gasteiger partial charge is 0.0407 e. The van der Waals surface area contributed by atoms with Gasteiger partial charge in [0.15, 0.2) is 0 Å². The van der Waals surface area contributed by atoms with Crippen LogP contribution in [0.3, 0.4) is 0 Å². The average molecular weight is 355 g/mol. The normalized spacial score (nSPS) is 15.9. The van der Waals surface area contributed by atoms with Crippen LogP contribution in [0.25, 0.3) is 0 Å². The predicted octanol–water partition coefficient (Wildman–Crippen LogP) is 5.95. The zero-order valence-corrected chi connectivity index (χ0v) is 14.1. The fourth-order valence-electron chi connectivity index (χ4n) is 2.57. The maximum Gasteiger partial charge on any atom is 0.0407 e. The van der Waals surface area contributed by atoms with E-state index in [0.717, 1.165) is 18.1 Å². The van der Waals surface area contributed by atoms with E-state index in [2.05, 4.69) is 39.5 Å². The molecule has 0 spiro atoms. The molecular formula is C17H21BrClN. The molecule has 0 bridgehead atoms. The Hall–Kier alpha value is -0.730. The Balaban J connectivity index is 2.16. The molecule has 0 aliphatic heterocycles. The van der Waals surface area contributed by atoms with E-state index in [0.29, 0.717) is 0 Å². The molecule has 0 amide bonds. The van der Waals surface area contributed by atoms with Crippen LogP contribution in [0.5, 0.6) is 0 Å². The van der Waals surface area contributed by atoms with Crippen molar-refractivity contribution in [2.45, 2.75) is 32.1 Å². The second kappa shape index (κ2) is 7.90. The average Bonchev–Trinajstić information content (AvgIpc) is 2.64. The first kappa shape index (κ1) is 15.7. The number of halogens is 2. The zero-order chi connectivity index (χ0) is 14.4. The highest BCUT2D eigenvalue weighted by Crippen LogP contribution is 2.29. The van der Waals surface area contributed by atoms with Crippen molar-refractivity contribution in [3.63, 3.8) is 0 Å². The summed E-state index contributed by atoms with van der Waals surface area (Å²) in [4.78, 5) is 2.35. The van der Waals surface area contributed by atoms with Crippen LogP contribution in [0.15, 0.2) is 47.0 Å². The number of hydrogen-bond donors (Lipinski definition) is 0. The summed E-state index contributed by atoms with van der Waals surface area (Å²) in [6.45, 7) is 5.70. The summed E-state index contributed by atoms with van der Waals surface area (Å²) in [5.41, 5.74) is 2.73. The fourth-order valence-corrected chi connectivity index (χ4v) is 3.30. The van der Waals surface area contributed by atoms with Crippen molar-refractivity contribution >= 4 is 33.2 Å². The van der Waals surface area contributed by atoms with Crippen LogP contribution in [-0.2, 0) is 0 Å². The summed E-state index contributed by atoms with van der Waals surface area (Å²) < 4.78 is 1.40. The number of anilines is 1. The molecule has 0 saturated heterocycles. The molecule has 2 rings (SSSR count). The molecule has 1 aromatic carbocycles. The van der Waals surface area contributed by atoms with Crippen LogP contribution in [0.2, 0.25) is 5.02 Å². The number of hydrogen-bond acceptors (Lipinski definition) is 1. The van der Waals surface area contributed by atoms with Crippen LogP contribution >= 0.6 is 27.5 Å². The minimum absolute atomic E-state index is 0.780. The van der Waals surface area contributed by atoms with Crippen molar-refractivity contribution < 1.29 is 0 Å². The third-order valence-corrected chi connectivity index (χ3v) is 4.89. The fraction of sp³-hybridized carbons (Fsp3) is 0.412. The van der Waals surface area contributed by atoms with E-state index in [1.165, 1.54) is 47.8 Å². The van der Waals surface area contributed by atoms with Crippen molar-refractivity contribution in [3.05, 3.63) is 52.0 Å². The second-order valence-electron chi connectivity index (χ2n) is 5.21. The SMILES string of the molecule is C=CCN(CC1=C(Br)CCCCC1)c1ccc(Cl)cc1. The Morgan fingerprint density at radius 1 is 1.15 bits per heavy atom. The maximum atomic E-state index is 5.97. The highest BCUT2D eigenvalue weighted by atomic mass is 79.9. The summed E-state index contributed by atoms with van der Waals surface area (Å²) in [6, 6.07) is 8.06. The van der Waals surface area contributed by atoms with Gasteiger partial charge in [0.05, 0.1) is 0 Å². The Kier molecular flexibility index (Phi) is 6.18. The first-order valence-corrected chi connectivity index (χ1v) is 8.35. The van der Waals surface area contributed by atoms with Crippen molar-refractivity contribution in [2.24, 2.45) is 0 Å². The number of rotatable bonds is 5. The van der Waals surface area contributed by atoms with Gasteiger partial charge in [0.25, 0.3) is 0 Å². The van der Waals surface area contributed by atoms with Gasteiger partial charge in [0.2, 0.25) is 0 Å². The molecule has 1 nitrogen and oxygen atoms in total. The molecule has 1 aliphatic rings. The Morgan fingerprint density at radius 2 is 1.85 bits per heavy atom. The van der Waals surface area contributed by atoms with Gasteiger partial charge in [-0.3, -0.25) is 0 Å². The summed E-state index contributed by atoms with van der Waals surface area (Å²) in [6.07, 6.45) is 8.26. The van der Waals surface area contributed by atoms with Crippen molar-refractivity contribution in [1.82, 2.24) is 0 Å². The molecular weight excluding hydrogens is 334 g/mol. The largest absolute Gasteiger partial charge is 0.364 e. The monoisotopic (exact) mass is 353 g/mol. The zero-order valence-electron chi connectivity index (χ0n) is 11.7.